The van der Waals surface area contributed by atoms with Crippen LogP contribution in [-0.4, -0.2) is 37.4 Å². The van der Waals surface area contributed by atoms with E-state index in [0.717, 1.165) is 6.42 Å². The number of aryl methyl sites for hydroxylation is 1. The molecule has 7 heteroatoms. The van der Waals surface area contributed by atoms with Crippen molar-refractivity contribution in [3.05, 3.63) is 18.0 Å². The largest absolute Gasteiger partial charge is 0.345 e. The molecule has 1 heterocycles. The fourth-order valence-corrected chi connectivity index (χ4v) is 2.95. The van der Waals surface area contributed by atoms with Crippen molar-refractivity contribution >= 4 is 25.6 Å². The predicted octanol–water partition coefficient (Wildman–Crippen LogP) is 1.68. The zero-order chi connectivity index (χ0) is 14.4. The highest BCUT2D eigenvalue weighted by Gasteiger charge is 2.34. The highest BCUT2D eigenvalue weighted by atomic mass is 35.7. The fraction of sp³-hybridized carbons (Fsp3) is 0.583. The molecule has 5 nitrogen and oxygen atoms in total. The third-order valence-electron chi connectivity index (χ3n) is 3.61. The molecule has 1 fully saturated rings. The second-order valence-electron chi connectivity index (χ2n) is 5.27. The van der Waals surface area contributed by atoms with Crippen LogP contribution in [-0.2, 0) is 16.1 Å². The Morgan fingerprint density at radius 1 is 1.58 bits per heavy atom. The third kappa shape index (κ3) is 3.12. The van der Waals surface area contributed by atoms with Crippen molar-refractivity contribution in [1.29, 1.82) is 0 Å². The van der Waals surface area contributed by atoms with Crippen LogP contribution >= 0.6 is 10.7 Å². The maximum Gasteiger partial charge on any atom is 0.270 e. The van der Waals surface area contributed by atoms with E-state index in [2.05, 4.69) is 6.92 Å². The molecule has 1 amide bonds. The molecule has 2 unspecified atom stereocenters. The van der Waals surface area contributed by atoms with E-state index in [9.17, 15) is 13.2 Å². The number of amides is 1. The Kier molecular flexibility index (Phi) is 3.66. The molecular weight excluding hydrogens is 288 g/mol. The predicted molar refractivity (Wildman–Crippen MR) is 72.7 cm³/mol. The topological polar surface area (TPSA) is 59.4 Å². The van der Waals surface area contributed by atoms with Crippen molar-refractivity contribution < 1.29 is 13.2 Å². The summed E-state index contributed by atoms with van der Waals surface area (Å²) in [6.07, 6.45) is 2.50. The van der Waals surface area contributed by atoms with E-state index in [1.54, 1.807) is 19.0 Å². The summed E-state index contributed by atoms with van der Waals surface area (Å²) < 4.78 is 24.0. The number of nitrogens with zero attached hydrogens (tertiary/aromatic N) is 2. The van der Waals surface area contributed by atoms with Crippen molar-refractivity contribution in [2.24, 2.45) is 18.9 Å². The van der Waals surface area contributed by atoms with Crippen LogP contribution in [0.5, 0.6) is 0 Å². The van der Waals surface area contributed by atoms with Gasteiger partial charge < -0.3 is 9.47 Å². The summed E-state index contributed by atoms with van der Waals surface area (Å²) in [5.41, 5.74) is 0.329. The summed E-state index contributed by atoms with van der Waals surface area (Å²) in [6.45, 7) is 2.86. The average molecular weight is 305 g/mol. The first-order valence-corrected chi connectivity index (χ1v) is 8.37. The zero-order valence-corrected chi connectivity index (χ0v) is 12.7. The smallest absolute Gasteiger partial charge is 0.270 e. The molecule has 19 heavy (non-hydrogen) atoms. The molecular formula is C12H17ClN2O3S. The van der Waals surface area contributed by atoms with Gasteiger partial charge in [-0.3, -0.25) is 4.79 Å². The maximum atomic E-state index is 12.2. The van der Waals surface area contributed by atoms with Gasteiger partial charge in [-0.15, -0.1) is 0 Å². The molecule has 0 aliphatic heterocycles. The van der Waals surface area contributed by atoms with Gasteiger partial charge in [-0.1, -0.05) is 6.92 Å². The van der Waals surface area contributed by atoms with E-state index >= 15 is 0 Å². The zero-order valence-electron chi connectivity index (χ0n) is 11.1. The van der Waals surface area contributed by atoms with Gasteiger partial charge in [-0.25, -0.2) is 8.42 Å². The fourth-order valence-electron chi connectivity index (χ4n) is 2.16. The summed E-state index contributed by atoms with van der Waals surface area (Å²) >= 11 is 0. The number of halogens is 1. The van der Waals surface area contributed by atoms with E-state index in [4.69, 9.17) is 10.7 Å². The van der Waals surface area contributed by atoms with E-state index in [1.165, 1.54) is 16.8 Å². The first-order chi connectivity index (χ1) is 8.70. The van der Waals surface area contributed by atoms with Crippen LogP contribution in [0.4, 0.5) is 0 Å². The van der Waals surface area contributed by atoms with E-state index in [1.807, 2.05) is 0 Å². The Balaban J connectivity index is 2.17. The van der Waals surface area contributed by atoms with Gasteiger partial charge in [0.1, 0.15) is 10.6 Å². The normalized spacial score (nSPS) is 22.3. The Morgan fingerprint density at radius 3 is 2.58 bits per heavy atom. The molecule has 0 N–H and O–H groups in total. The lowest BCUT2D eigenvalue weighted by Crippen LogP contribution is -2.30. The highest BCUT2D eigenvalue weighted by molar-refractivity contribution is 8.13. The Bertz CT molecular complexity index is 608. The van der Waals surface area contributed by atoms with Crippen molar-refractivity contribution in [3.63, 3.8) is 0 Å². The Labute approximate surface area is 117 Å². The molecule has 0 saturated heterocycles. The van der Waals surface area contributed by atoms with Crippen LogP contribution < -0.4 is 0 Å². The number of hydrogen-bond acceptors (Lipinski definition) is 3. The van der Waals surface area contributed by atoms with Crippen LogP contribution in [0.3, 0.4) is 0 Å². The Morgan fingerprint density at radius 2 is 2.16 bits per heavy atom. The van der Waals surface area contributed by atoms with Crippen LogP contribution in [0.25, 0.3) is 0 Å². The standard InChI is InChI=1S/C12H17ClN2O3S/c1-8-4-9(8)6-15(3)12(16)11-5-10(7-14(11)2)19(13,17)18/h5,7-9H,4,6H2,1-3H3. The second-order valence-corrected chi connectivity index (χ2v) is 7.83. The van der Waals surface area contributed by atoms with Crippen molar-refractivity contribution in [1.82, 2.24) is 9.47 Å². The molecule has 1 saturated carbocycles. The van der Waals surface area contributed by atoms with E-state index < -0.39 is 9.05 Å². The monoisotopic (exact) mass is 304 g/mol. The SMILES string of the molecule is CC1CC1CN(C)C(=O)c1cc(S(=O)(=O)Cl)cn1C. The van der Waals surface area contributed by atoms with Crippen LogP contribution in [0.2, 0.25) is 0 Å². The lowest BCUT2D eigenvalue weighted by Gasteiger charge is -2.17. The lowest BCUT2D eigenvalue weighted by atomic mass is 10.3. The molecule has 1 aliphatic rings. The van der Waals surface area contributed by atoms with Gasteiger partial charge in [0.25, 0.3) is 15.0 Å². The highest BCUT2D eigenvalue weighted by Crippen LogP contribution is 2.38. The molecule has 0 bridgehead atoms. The minimum atomic E-state index is -3.80. The minimum absolute atomic E-state index is 0.0480. The number of rotatable bonds is 4. The number of carbonyl (C=O) groups is 1. The molecule has 106 valence electrons. The number of hydrogen-bond donors (Lipinski definition) is 0. The van der Waals surface area contributed by atoms with Crippen LogP contribution in [0.15, 0.2) is 17.2 Å². The van der Waals surface area contributed by atoms with Crippen molar-refractivity contribution in [2.45, 2.75) is 18.2 Å². The summed E-state index contributed by atoms with van der Waals surface area (Å²) in [7, 11) is 4.84. The first kappa shape index (κ1) is 14.4. The molecule has 1 aromatic heterocycles. The number of aromatic nitrogens is 1. The Hall–Kier alpha value is -1.01. The lowest BCUT2D eigenvalue weighted by molar-refractivity contribution is 0.0777. The molecule has 0 spiro atoms. The summed E-state index contributed by atoms with van der Waals surface area (Å²) in [5, 5.41) is 0. The molecule has 0 aromatic carbocycles. The van der Waals surface area contributed by atoms with Gasteiger partial charge in [0.05, 0.1) is 0 Å². The van der Waals surface area contributed by atoms with Gasteiger partial charge in [0.15, 0.2) is 0 Å². The van der Waals surface area contributed by atoms with Gasteiger partial charge >= 0.3 is 0 Å². The summed E-state index contributed by atoms with van der Waals surface area (Å²) in [5.74, 6) is 1.04. The number of carbonyl (C=O) groups excluding carboxylic acids is 1. The van der Waals surface area contributed by atoms with Gasteiger partial charge in [-0.2, -0.15) is 0 Å². The van der Waals surface area contributed by atoms with Gasteiger partial charge in [-0.05, 0) is 24.3 Å². The van der Waals surface area contributed by atoms with Crippen molar-refractivity contribution in [3.8, 4) is 0 Å². The maximum absolute atomic E-state index is 12.2. The third-order valence-corrected chi connectivity index (χ3v) is 4.93. The molecule has 1 aliphatic carbocycles. The van der Waals surface area contributed by atoms with Gasteiger partial charge in [0, 0.05) is 37.5 Å². The molecule has 2 atom stereocenters. The minimum Gasteiger partial charge on any atom is -0.345 e. The van der Waals surface area contributed by atoms with Gasteiger partial charge in [0.2, 0.25) is 0 Å². The van der Waals surface area contributed by atoms with Crippen molar-refractivity contribution in [2.75, 3.05) is 13.6 Å². The molecule has 2 rings (SSSR count). The first-order valence-electron chi connectivity index (χ1n) is 6.06. The van der Waals surface area contributed by atoms with E-state index in [-0.39, 0.29) is 10.8 Å². The summed E-state index contributed by atoms with van der Waals surface area (Å²) in [4.78, 5) is 13.8. The van der Waals surface area contributed by atoms with E-state index in [0.29, 0.717) is 24.1 Å². The average Bonchev–Trinajstić information content (AvgIpc) is 2.82. The van der Waals surface area contributed by atoms with Crippen LogP contribution in [0, 0.1) is 11.8 Å². The molecule has 1 aromatic rings. The summed E-state index contributed by atoms with van der Waals surface area (Å²) in [6, 6.07) is 1.32. The quantitative estimate of drug-likeness (QED) is 0.795. The molecule has 0 radical (unpaired) electrons. The van der Waals surface area contributed by atoms with Crippen LogP contribution in [0.1, 0.15) is 23.8 Å². The second kappa shape index (κ2) is 4.83.